The van der Waals surface area contributed by atoms with E-state index in [0.29, 0.717) is 12.8 Å². The van der Waals surface area contributed by atoms with Crippen molar-refractivity contribution in [3.05, 3.63) is 0 Å². The summed E-state index contributed by atoms with van der Waals surface area (Å²) in [6.07, 6.45) is 0.469. The van der Waals surface area contributed by atoms with E-state index in [1.807, 2.05) is 6.92 Å². The largest absolute Gasteiger partial charge is 0.375 e. The molecule has 4 nitrogen and oxygen atoms in total. The quantitative estimate of drug-likeness (QED) is 0.530. The van der Waals surface area contributed by atoms with Crippen molar-refractivity contribution < 1.29 is 21.9 Å². The fourth-order valence-electron chi connectivity index (χ4n) is 1.79. The van der Waals surface area contributed by atoms with Gasteiger partial charge in [0, 0.05) is 18.4 Å². The van der Waals surface area contributed by atoms with Crippen LogP contribution in [0.3, 0.4) is 0 Å². The van der Waals surface area contributed by atoms with Crippen molar-refractivity contribution in [2.75, 3.05) is 31.3 Å². The summed E-state index contributed by atoms with van der Waals surface area (Å²) < 4.78 is 51.5. The monoisotopic (exact) mass is 315 g/mol. The average Bonchev–Trinajstić information content (AvgIpc) is 2.39. The summed E-state index contributed by atoms with van der Waals surface area (Å²) in [4.78, 5) is 0. The minimum absolute atomic E-state index is 0.125. The summed E-state index contributed by atoms with van der Waals surface area (Å²) in [5.41, 5.74) is 0. The van der Waals surface area contributed by atoms with Gasteiger partial charge in [0.25, 0.3) is 6.43 Å². The van der Waals surface area contributed by atoms with Crippen LogP contribution in [0.1, 0.15) is 39.5 Å². The number of hydrogen-bond acceptors (Lipinski definition) is 4. The van der Waals surface area contributed by atoms with E-state index in [9.17, 15) is 17.2 Å². The third kappa shape index (κ3) is 11.5. The second kappa shape index (κ2) is 11.4. The third-order valence-electron chi connectivity index (χ3n) is 2.99. The van der Waals surface area contributed by atoms with Crippen LogP contribution < -0.4 is 5.32 Å². The lowest BCUT2D eigenvalue weighted by Crippen LogP contribution is -2.31. The predicted molar refractivity (Wildman–Crippen MR) is 77.1 cm³/mol. The van der Waals surface area contributed by atoms with Gasteiger partial charge in [0.05, 0.1) is 5.75 Å². The van der Waals surface area contributed by atoms with Crippen molar-refractivity contribution in [3.63, 3.8) is 0 Å². The highest BCUT2D eigenvalue weighted by Gasteiger charge is 2.12. The molecule has 1 unspecified atom stereocenters. The van der Waals surface area contributed by atoms with E-state index in [4.69, 9.17) is 4.74 Å². The molecular weight excluding hydrogens is 288 g/mol. The normalized spacial score (nSPS) is 13.8. The van der Waals surface area contributed by atoms with Gasteiger partial charge in [-0.2, -0.15) is 0 Å². The number of alkyl halides is 2. The molecule has 0 heterocycles. The SMILES string of the molecule is CCCNC(CCCS(=O)(=O)CC)CCOCC(F)F. The van der Waals surface area contributed by atoms with Crippen LogP contribution in [-0.4, -0.2) is 52.1 Å². The summed E-state index contributed by atoms with van der Waals surface area (Å²) in [5, 5.41) is 3.30. The van der Waals surface area contributed by atoms with E-state index in [-0.39, 0.29) is 24.2 Å². The maximum absolute atomic E-state index is 11.9. The predicted octanol–water partition coefficient (Wildman–Crippen LogP) is 2.24. The van der Waals surface area contributed by atoms with Crippen LogP contribution in [0.2, 0.25) is 0 Å². The smallest absolute Gasteiger partial charge is 0.261 e. The first kappa shape index (κ1) is 19.7. The van der Waals surface area contributed by atoms with Gasteiger partial charge in [0.15, 0.2) is 0 Å². The first-order chi connectivity index (χ1) is 9.41. The second-order valence-corrected chi connectivity index (χ2v) is 7.26. The Balaban J connectivity index is 3.95. The zero-order valence-electron chi connectivity index (χ0n) is 12.4. The van der Waals surface area contributed by atoms with Gasteiger partial charge >= 0.3 is 0 Å². The lowest BCUT2D eigenvalue weighted by Gasteiger charge is -2.18. The van der Waals surface area contributed by atoms with E-state index in [1.54, 1.807) is 6.92 Å². The van der Waals surface area contributed by atoms with Gasteiger partial charge < -0.3 is 10.1 Å². The van der Waals surface area contributed by atoms with Crippen LogP contribution in [0, 0.1) is 0 Å². The van der Waals surface area contributed by atoms with Crippen LogP contribution in [0.25, 0.3) is 0 Å². The Bertz CT molecular complexity index is 324. The Kier molecular flexibility index (Phi) is 11.2. The van der Waals surface area contributed by atoms with E-state index < -0.39 is 22.9 Å². The van der Waals surface area contributed by atoms with Gasteiger partial charge in [-0.1, -0.05) is 13.8 Å². The molecule has 0 aromatic heterocycles. The van der Waals surface area contributed by atoms with Gasteiger partial charge in [-0.3, -0.25) is 0 Å². The molecule has 0 fully saturated rings. The summed E-state index contributed by atoms with van der Waals surface area (Å²) in [5.74, 6) is 0.350. The molecule has 1 N–H and O–H groups in total. The first-order valence-electron chi connectivity index (χ1n) is 7.21. The van der Waals surface area contributed by atoms with Gasteiger partial charge in [-0.25, -0.2) is 17.2 Å². The van der Waals surface area contributed by atoms with Crippen LogP contribution in [0.4, 0.5) is 8.78 Å². The molecule has 7 heteroatoms. The molecule has 0 bridgehead atoms. The fourth-order valence-corrected chi connectivity index (χ4v) is 2.68. The molecule has 0 amide bonds. The van der Waals surface area contributed by atoms with Crippen molar-refractivity contribution in [1.82, 2.24) is 5.32 Å². The summed E-state index contributed by atoms with van der Waals surface area (Å²) in [7, 11) is -2.93. The Morgan fingerprint density at radius 2 is 1.90 bits per heavy atom. The van der Waals surface area contributed by atoms with Crippen LogP contribution in [-0.2, 0) is 14.6 Å². The van der Waals surface area contributed by atoms with E-state index in [1.165, 1.54) is 0 Å². The van der Waals surface area contributed by atoms with Crippen molar-refractivity contribution in [2.45, 2.75) is 52.0 Å². The third-order valence-corrected chi connectivity index (χ3v) is 4.78. The molecule has 122 valence electrons. The van der Waals surface area contributed by atoms with E-state index >= 15 is 0 Å². The number of rotatable bonds is 13. The lowest BCUT2D eigenvalue weighted by molar-refractivity contribution is 0.0142. The molecule has 0 aliphatic rings. The van der Waals surface area contributed by atoms with Gasteiger partial charge in [-0.15, -0.1) is 0 Å². The maximum Gasteiger partial charge on any atom is 0.261 e. The van der Waals surface area contributed by atoms with Gasteiger partial charge in [-0.05, 0) is 32.2 Å². The van der Waals surface area contributed by atoms with Crippen LogP contribution >= 0.6 is 0 Å². The average molecular weight is 315 g/mol. The molecule has 0 aromatic carbocycles. The highest BCUT2D eigenvalue weighted by Crippen LogP contribution is 2.06. The number of sulfone groups is 1. The summed E-state index contributed by atoms with van der Waals surface area (Å²) in [6.45, 7) is 4.25. The molecule has 0 aliphatic carbocycles. The second-order valence-electron chi connectivity index (χ2n) is 4.78. The molecule has 1 atom stereocenters. The van der Waals surface area contributed by atoms with Crippen LogP contribution in [0.15, 0.2) is 0 Å². The Labute approximate surface area is 121 Å². The number of nitrogens with one attached hydrogen (secondary N) is 1. The van der Waals surface area contributed by atoms with Crippen molar-refractivity contribution in [3.8, 4) is 0 Å². The minimum atomic E-state index is -2.93. The molecule has 0 rings (SSSR count). The first-order valence-corrected chi connectivity index (χ1v) is 9.03. The van der Waals surface area contributed by atoms with E-state index in [0.717, 1.165) is 19.4 Å². The van der Waals surface area contributed by atoms with Crippen molar-refractivity contribution >= 4 is 9.84 Å². The maximum atomic E-state index is 11.9. The molecular formula is C13H27F2NO3S. The van der Waals surface area contributed by atoms with Crippen molar-refractivity contribution in [1.29, 1.82) is 0 Å². The standard InChI is InChI=1S/C13H27F2NO3S/c1-3-8-16-12(7-9-19-11-13(14)15)6-5-10-20(17,18)4-2/h12-13,16H,3-11H2,1-2H3. The Morgan fingerprint density at radius 3 is 2.45 bits per heavy atom. The molecule has 0 saturated heterocycles. The van der Waals surface area contributed by atoms with Crippen molar-refractivity contribution in [2.24, 2.45) is 0 Å². The van der Waals surface area contributed by atoms with Gasteiger partial charge in [0.2, 0.25) is 0 Å². The fraction of sp³-hybridized carbons (Fsp3) is 1.00. The topological polar surface area (TPSA) is 55.4 Å². The molecule has 20 heavy (non-hydrogen) atoms. The zero-order valence-corrected chi connectivity index (χ0v) is 13.2. The van der Waals surface area contributed by atoms with E-state index in [2.05, 4.69) is 5.32 Å². The molecule has 0 radical (unpaired) electrons. The van der Waals surface area contributed by atoms with Crippen LogP contribution in [0.5, 0.6) is 0 Å². The summed E-state index contributed by atoms with van der Waals surface area (Å²) in [6, 6.07) is 0.125. The highest BCUT2D eigenvalue weighted by atomic mass is 32.2. The Morgan fingerprint density at radius 1 is 1.20 bits per heavy atom. The summed E-state index contributed by atoms with van der Waals surface area (Å²) >= 11 is 0. The number of ether oxygens (including phenoxy) is 1. The molecule has 0 saturated carbocycles. The molecule has 0 spiro atoms. The minimum Gasteiger partial charge on any atom is -0.375 e. The highest BCUT2D eigenvalue weighted by molar-refractivity contribution is 7.91. The zero-order chi connectivity index (χ0) is 15.4. The molecule has 0 aliphatic heterocycles. The van der Waals surface area contributed by atoms with Gasteiger partial charge in [0.1, 0.15) is 16.4 Å². The Hall–Kier alpha value is -0.270. The molecule has 0 aromatic rings. The lowest BCUT2D eigenvalue weighted by atomic mass is 10.1. The number of hydrogen-bond donors (Lipinski definition) is 1. The number of halogens is 2.